The van der Waals surface area contributed by atoms with Gasteiger partial charge in [0.05, 0.1) is 13.2 Å². The molecule has 1 aliphatic heterocycles. The van der Waals surface area contributed by atoms with E-state index in [-0.39, 0.29) is 17.8 Å². The van der Waals surface area contributed by atoms with Crippen molar-refractivity contribution in [1.82, 2.24) is 10.2 Å². The van der Waals surface area contributed by atoms with Crippen LogP contribution in [-0.4, -0.2) is 37.6 Å². The molecule has 1 N–H and O–H groups in total. The van der Waals surface area contributed by atoms with Crippen LogP contribution in [0.1, 0.15) is 27.5 Å². The summed E-state index contributed by atoms with van der Waals surface area (Å²) >= 11 is 0. The third-order valence-electron chi connectivity index (χ3n) is 4.41. The summed E-state index contributed by atoms with van der Waals surface area (Å²) in [4.78, 5) is 14.8. The van der Waals surface area contributed by atoms with Crippen LogP contribution in [0, 0.1) is 12.7 Å². The number of piperazine rings is 1. The van der Waals surface area contributed by atoms with E-state index in [4.69, 9.17) is 4.74 Å². The monoisotopic (exact) mass is 328 g/mol. The number of carbonyl (C=O) groups is 1. The third kappa shape index (κ3) is 3.12. The molecule has 0 spiro atoms. The highest BCUT2D eigenvalue weighted by molar-refractivity contribution is 5.94. The van der Waals surface area contributed by atoms with Crippen LogP contribution in [0.2, 0.25) is 0 Å². The highest BCUT2D eigenvalue weighted by Gasteiger charge is 2.30. The second-order valence-corrected chi connectivity index (χ2v) is 5.92. The van der Waals surface area contributed by atoms with Crippen LogP contribution in [0.5, 0.6) is 5.75 Å². The number of hydrogen-bond acceptors (Lipinski definition) is 3. The number of para-hydroxylation sites is 1. The van der Waals surface area contributed by atoms with Crippen LogP contribution >= 0.6 is 0 Å². The summed E-state index contributed by atoms with van der Waals surface area (Å²) in [6.45, 7) is 3.66. The summed E-state index contributed by atoms with van der Waals surface area (Å²) in [5.74, 6) is 0.378. The maximum Gasteiger partial charge on any atom is 0.254 e. The molecule has 5 heteroatoms. The van der Waals surface area contributed by atoms with Crippen molar-refractivity contribution >= 4 is 5.91 Å². The van der Waals surface area contributed by atoms with Crippen LogP contribution in [0.4, 0.5) is 4.39 Å². The predicted octanol–water partition coefficient (Wildman–Crippen LogP) is 2.93. The van der Waals surface area contributed by atoms with Crippen molar-refractivity contribution < 1.29 is 13.9 Å². The first-order chi connectivity index (χ1) is 11.6. The highest BCUT2D eigenvalue weighted by Crippen LogP contribution is 2.31. The smallest absolute Gasteiger partial charge is 0.254 e. The van der Waals surface area contributed by atoms with Gasteiger partial charge in [0.2, 0.25) is 0 Å². The Balaban J connectivity index is 1.94. The zero-order valence-corrected chi connectivity index (χ0v) is 13.9. The lowest BCUT2D eigenvalue weighted by Gasteiger charge is -2.37. The number of carbonyl (C=O) groups excluding carboxylic acids is 1. The van der Waals surface area contributed by atoms with E-state index in [0.29, 0.717) is 24.2 Å². The summed E-state index contributed by atoms with van der Waals surface area (Å²) in [6.07, 6.45) is 0. The number of methoxy groups -OCH3 is 1. The van der Waals surface area contributed by atoms with E-state index >= 15 is 0 Å². The van der Waals surface area contributed by atoms with Crippen molar-refractivity contribution in [1.29, 1.82) is 0 Å². The van der Waals surface area contributed by atoms with Crippen LogP contribution < -0.4 is 10.1 Å². The molecule has 4 nitrogen and oxygen atoms in total. The lowest BCUT2D eigenvalue weighted by molar-refractivity contribution is 0.0631. The molecule has 1 fully saturated rings. The Kier molecular flexibility index (Phi) is 4.81. The van der Waals surface area contributed by atoms with E-state index in [1.165, 1.54) is 6.07 Å². The number of aryl methyl sites for hydroxylation is 1. The van der Waals surface area contributed by atoms with Crippen LogP contribution in [-0.2, 0) is 0 Å². The molecular formula is C19H21FN2O2. The number of amides is 1. The maximum atomic E-state index is 13.5. The molecule has 1 amide bonds. The molecule has 1 atom stereocenters. The Bertz CT molecular complexity index is 748. The van der Waals surface area contributed by atoms with Crippen molar-refractivity contribution in [2.75, 3.05) is 26.7 Å². The number of ether oxygens (including phenoxy) is 1. The molecule has 3 rings (SSSR count). The molecule has 0 aromatic heterocycles. The third-order valence-corrected chi connectivity index (χ3v) is 4.41. The van der Waals surface area contributed by atoms with Gasteiger partial charge in [-0.2, -0.15) is 0 Å². The van der Waals surface area contributed by atoms with Gasteiger partial charge in [0.1, 0.15) is 11.6 Å². The molecule has 1 unspecified atom stereocenters. The number of nitrogens with one attached hydrogen (secondary N) is 1. The normalized spacial score (nSPS) is 17.6. The summed E-state index contributed by atoms with van der Waals surface area (Å²) < 4.78 is 18.9. The largest absolute Gasteiger partial charge is 0.496 e. The summed E-state index contributed by atoms with van der Waals surface area (Å²) in [5.41, 5.74) is 1.96. The second kappa shape index (κ2) is 7.01. The van der Waals surface area contributed by atoms with Crippen molar-refractivity contribution in [2.24, 2.45) is 0 Å². The number of hydrogen-bond donors (Lipinski definition) is 1. The van der Waals surface area contributed by atoms with Gasteiger partial charge in [-0.25, -0.2) is 4.39 Å². The molecule has 24 heavy (non-hydrogen) atoms. The van der Waals surface area contributed by atoms with E-state index in [1.807, 2.05) is 29.2 Å². The summed E-state index contributed by atoms with van der Waals surface area (Å²) in [5, 5.41) is 3.33. The first-order valence-corrected chi connectivity index (χ1v) is 8.02. The minimum Gasteiger partial charge on any atom is -0.496 e. The quantitative estimate of drug-likeness (QED) is 0.942. The SMILES string of the molecule is COc1ccccc1C1CNCCN1C(=O)c1ccc(F)c(C)c1. The summed E-state index contributed by atoms with van der Waals surface area (Å²) in [7, 11) is 1.63. The summed E-state index contributed by atoms with van der Waals surface area (Å²) in [6, 6.07) is 12.1. The Morgan fingerprint density at radius 2 is 2.08 bits per heavy atom. The fourth-order valence-electron chi connectivity index (χ4n) is 3.11. The lowest BCUT2D eigenvalue weighted by atomic mass is 10.0. The van der Waals surface area contributed by atoms with E-state index in [1.54, 1.807) is 26.2 Å². The average Bonchev–Trinajstić information content (AvgIpc) is 2.63. The fraction of sp³-hybridized carbons (Fsp3) is 0.316. The lowest BCUT2D eigenvalue weighted by Crippen LogP contribution is -2.48. The molecule has 0 aliphatic carbocycles. The van der Waals surface area contributed by atoms with Gasteiger partial charge in [0.15, 0.2) is 0 Å². The number of benzene rings is 2. The molecule has 2 aromatic carbocycles. The predicted molar refractivity (Wildman–Crippen MR) is 90.8 cm³/mol. The Morgan fingerprint density at radius 1 is 1.29 bits per heavy atom. The minimum absolute atomic E-state index is 0.0875. The zero-order valence-electron chi connectivity index (χ0n) is 13.9. The molecule has 1 saturated heterocycles. The van der Waals surface area contributed by atoms with Gasteiger partial charge in [-0.3, -0.25) is 4.79 Å². The number of halogens is 1. The van der Waals surface area contributed by atoms with E-state index in [2.05, 4.69) is 5.32 Å². The topological polar surface area (TPSA) is 41.6 Å². The fourth-order valence-corrected chi connectivity index (χ4v) is 3.11. The molecule has 0 radical (unpaired) electrons. The number of rotatable bonds is 3. The highest BCUT2D eigenvalue weighted by atomic mass is 19.1. The van der Waals surface area contributed by atoms with Crippen LogP contribution in [0.3, 0.4) is 0 Å². The van der Waals surface area contributed by atoms with Gasteiger partial charge in [-0.1, -0.05) is 18.2 Å². The second-order valence-electron chi connectivity index (χ2n) is 5.92. The minimum atomic E-state index is -0.298. The first-order valence-electron chi connectivity index (χ1n) is 8.02. The standard InChI is InChI=1S/C19H21FN2O2/c1-13-11-14(7-8-16(13)20)19(23)22-10-9-21-12-17(22)15-5-3-4-6-18(15)24-2/h3-8,11,17,21H,9-10,12H2,1-2H3. The molecule has 1 heterocycles. The van der Waals surface area contributed by atoms with Crippen LogP contribution in [0.25, 0.3) is 0 Å². The van der Waals surface area contributed by atoms with E-state index in [0.717, 1.165) is 17.9 Å². The Hall–Kier alpha value is -2.40. The molecule has 0 bridgehead atoms. The molecular weight excluding hydrogens is 307 g/mol. The maximum absolute atomic E-state index is 13.5. The van der Waals surface area contributed by atoms with Gasteiger partial charge < -0.3 is 15.0 Å². The Morgan fingerprint density at radius 3 is 2.83 bits per heavy atom. The average molecular weight is 328 g/mol. The van der Waals surface area contributed by atoms with Crippen molar-refractivity contribution in [3.8, 4) is 5.75 Å². The van der Waals surface area contributed by atoms with Gasteiger partial charge in [-0.05, 0) is 36.8 Å². The van der Waals surface area contributed by atoms with E-state index < -0.39 is 0 Å². The first kappa shape index (κ1) is 16.5. The molecule has 126 valence electrons. The van der Waals surface area contributed by atoms with Gasteiger partial charge in [0, 0.05) is 30.8 Å². The molecule has 0 saturated carbocycles. The molecule has 1 aliphatic rings. The van der Waals surface area contributed by atoms with Crippen molar-refractivity contribution in [3.63, 3.8) is 0 Å². The van der Waals surface area contributed by atoms with Crippen molar-refractivity contribution in [2.45, 2.75) is 13.0 Å². The van der Waals surface area contributed by atoms with Gasteiger partial charge in [-0.15, -0.1) is 0 Å². The Labute approximate surface area is 141 Å². The zero-order chi connectivity index (χ0) is 17.1. The van der Waals surface area contributed by atoms with Gasteiger partial charge in [0.25, 0.3) is 5.91 Å². The molecule has 2 aromatic rings. The number of nitrogens with zero attached hydrogens (tertiary/aromatic N) is 1. The van der Waals surface area contributed by atoms with E-state index in [9.17, 15) is 9.18 Å². The van der Waals surface area contributed by atoms with Crippen LogP contribution in [0.15, 0.2) is 42.5 Å². The van der Waals surface area contributed by atoms with Gasteiger partial charge >= 0.3 is 0 Å². The van der Waals surface area contributed by atoms with Crippen molar-refractivity contribution in [3.05, 3.63) is 65.0 Å².